The smallest absolute Gasteiger partial charge is 0.198 e. The third kappa shape index (κ3) is 1.29. The molecule has 0 saturated heterocycles. The predicted molar refractivity (Wildman–Crippen MR) is 37.7 cm³/mol. The largest absolute Gasteiger partial charge is 0.411 e. The van der Waals surface area contributed by atoms with Crippen molar-refractivity contribution in [2.45, 2.75) is 24.6 Å². The molecule has 0 aliphatic heterocycles. The van der Waals surface area contributed by atoms with Crippen molar-refractivity contribution in [1.82, 2.24) is 0 Å². The van der Waals surface area contributed by atoms with Gasteiger partial charge in [-0.1, -0.05) is 5.16 Å². The van der Waals surface area contributed by atoms with Gasteiger partial charge >= 0.3 is 0 Å². The van der Waals surface area contributed by atoms with Gasteiger partial charge < -0.3 is 5.21 Å². The Hall–Kier alpha value is -0.570. The minimum atomic E-state index is -0.473. The minimum Gasteiger partial charge on any atom is -0.411 e. The average molecular weight is 162 g/mol. The number of Topliss-reactive ketones (excluding diaryl/α,β-unsaturated/α-hetero) is 1. The summed E-state index contributed by atoms with van der Waals surface area (Å²) in [5.41, 5.74) is 0.214. The lowest BCUT2D eigenvalue weighted by Gasteiger charge is -2.14. The SMILES string of the molecule is O=C1C(=NO)CCCC1Cl. The van der Waals surface area contributed by atoms with Crippen LogP contribution in [0, 0.1) is 0 Å². The number of rotatable bonds is 0. The van der Waals surface area contributed by atoms with Crippen molar-refractivity contribution in [3.63, 3.8) is 0 Å². The maximum absolute atomic E-state index is 10.9. The highest BCUT2D eigenvalue weighted by Crippen LogP contribution is 2.17. The monoisotopic (exact) mass is 161 g/mol. The predicted octanol–water partition coefficient (Wildman–Crippen LogP) is 1.18. The number of nitrogens with zero attached hydrogens (tertiary/aromatic N) is 1. The molecule has 1 N–H and O–H groups in total. The molecule has 0 heterocycles. The molecule has 3 nitrogen and oxygen atoms in total. The molecule has 1 aliphatic carbocycles. The maximum atomic E-state index is 10.9. The highest BCUT2D eigenvalue weighted by atomic mass is 35.5. The van der Waals surface area contributed by atoms with Gasteiger partial charge in [0.25, 0.3) is 0 Å². The summed E-state index contributed by atoms with van der Waals surface area (Å²) in [6.45, 7) is 0. The lowest BCUT2D eigenvalue weighted by molar-refractivity contribution is -0.113. The Balaban J connectivity index is 2.69. The van der Waals surface area contributed by atoms with E-state index in [2.05, 4.69) is 5.16 Å². The van der Waals surface area contributed by atoms with Gasteiger partial charge in [-0.05, 0) is 19.3 Å². The molecule has 10 heavy (non-hydrogen) atoms. The quantitative estimate of drug-likeness (QED) is 0.330. The Morgan fingerprint density at radius 2 is 2.40 bits per heavy atom. The van der Waals surface area contributed by atoms with E-state index in [9.17, 15) is 4.79 Å². The van der Waals surface area contributed by atoms with E-state index >= 15 is 0 Å². The molecule has 0 aromatic carbocycles. The average Bonchev–Trinajstić information content (AvgIpc) is 1.95. The lowest BCUT2D eigenvalue weighted by atomic mass is 9.97. The first-order chi connectivity index (χ1) is 4.75. The first-order valence-corrected chi connectivity index (χ1v) is 3.58. The summed E-state index contributed by atoms with van der Waals surface area (Å²) in [6, 6.07) is 0. The number of carbonyl (C=O) groups is 1. The molecular formula is C6H8ClNO2. The van der Waals surface area contributed by atoms with Gasteiger partial charge in [-0.25, -0.2) is 0 Å². The van der Waals surface area contributed by atoms with E-state index in [4.69, 9.17) is 16.8 Å². The van der Waals surface area contributed by atoms with Crippen LogP contribution in [-0.2, 0) is 4.79 Å². The molecule has 1 saturated carbocycles. The lowest BCUT2D eigenvalue weighted by Crippen LogP contribution is -2.29. The number of halogens is 1. The molecule has 1 unspecified atom stereocenters. The standard InChI is InChI=1S/C6H8ClNO2/c7-4-2-1-3-5(8-10)6(4)9/h4,10H,1-3H2. The number of alkyl halides is 1. The molecule has 0 aromatic rings. The zero-order valence-electron chi connectivity index (χ0n) is 5.38. The van der Waals surface area contributed by atoms with Gasteiger partial charge in [0.05, 0.1) is 5.38 Å². The van der Waals surface area contributed by atoms with Crippen LogP contribution in [0.25, 0.3) is 0 Å². The van der Waals surface area contributed by atoms with Crippen LogP contribution < -0.4 is 0 Å². The van der Waals surface area contributed by atoms with Gasteiger partial charge in [-0.2, -0.15) is 0 Å². The summed E-state index contributed by atoms with van der Waals surface area (Å²) >= 11 is 5.60. The molecule has 0 radical (unpaired) electrons. The molecule has 0 bridgehead atoms. The van der Waals surface area contributed by atoms with Crippen LogP contribution in [0.2, 0.25) is 0 Å². The highest BCUT2D eigenvalue weighted by molar-refractivity contribution is 6.51. The normalized spacial score (nSPS) is 31.1. The van der Waals surface area contributed by atoms with Crippen molar-refractivity contribution >= 4 is 23.1 Å². The van der Waals surface area contributed by atoms with Crippen LogP contribution in [0.1, 0.15) is 19.3 Å². The summed E-state index contributed by atoms with van der Waals surface area (Å²) in [5, 5.41) is 10.7. The van der Waals surface area contributed by atoms with Gasteiger partial charge in [0.2, 0.25) is 0 Å². The van der Waals surface area contributed by atoms with Crippen LogP contribution >= 0.6 is 11.6 Å². The van der Waals surface area contributed by atoms with E-state index in [-0.39, 0.29) is 11.5 Å². The Labute approximate surface area is 63.7 Å². The van der Waals surface area contributed by atoms with E-state index in [0.29, 0.717) is 12.8 Å². The van der Waals surface area contributed by atoms with Crippen molar-refractivity contribution in [3.05, 3.63) is 0 Å². The van der Waals surface area contributed by atoms with Gasteiger partial charge in [0.1, 0.15) is 5.71 Å². The van der Waals surface area contributed by atoms with Crippen LogP contribution in [0.3, 0.4) is 0 Å². The summed E-state index contributed by atoms with van der Waals surface area (Å²) in [4.78, 5) is 10.9. The van der Waals surface area contributed by atoms with Crippen LogP contribution in [-0.4, -0.2) is 22.1 Å². The number of carbonyl (C=O) groups excluding carboxylic acids is 1. The molecule has 1 rings (SSSR count). The summed E-state index contributed by atoms with van der Waals surface area (Å²) in [5.74, 6) is -0.226. The van der Waals surface area contributed by atoms with Crippen LogP contribution in [0.15, 0.2) is 5.16 Å². The van der Waals surface area contributed by atoms with Crippen molar-refractivity contribution in [2.24, 2.45) is 5.16 Å². The van der Waals surface area contributed by atoms with Gasteiger partial charge in [0, 0.05) is 0 Å². The fraction of sp³-hybridized carbons (Fsp3) is 0.667. The van der Waals surface area contributed by atoms with E-state index < -0.39 is 5.38 Å². The zero-order chi connectivity index (χ0) is 7.56. The number of ketones is 1. The van der Waals surface area contributed by atoms with Crippen molar-refractivity contribution in [3.8, 4) is 0 Å². The van der Waals surface area contributed by atoms with Gasteiger partial charge in [-0.15, -0.1) is 11.6 Å². The molecule has 4 heteroatoms. The van der Waals surface area contributed by atoms with Crippen molar-refractivity contribution in [2.75, 3.05) is 0 Å². The molecular weight excluding hydrogens is 154 g/mol. The first kappa shape index (κ1) is 7.54. The van der Waals surface area contributed by atoms with Crippen molar-refractivity contribution in [1.29, 1.82) is 0 Å². The second-order valence-electron chi connectivity index (χ2n) is 2.27. The molecule has 1 fully saturated rings. The minimum absolute atomic E-state index is 0.214. The molecule has 0 aromatic heterocycles. The zero-order valence-corrected chi connectivity index (χ0v) is 6.14. The van der Waals surface area contributed by atoms with Crippen LogP contribution in [0.5, 0.6) is 0 Å². The number of hydrogen-bond donors (Lipinski definition) is 1. The molecule has 1 aliphatic rings. The Morgan fingerprint density at radius 3 is 2.90 bits per heavy atom. The molecule has 0 spiro atoms. The molecule has 0 amide bonds. The maximum Gasteiger partial charge on any atom is 0.198 e. The first-order valence-electron chi connectivity index (χ1n) is 3.15. The second-order valence-corrected chi connectivity index (χ2v) is 2.80. The number of hydrogen-bond acceptors (Lipinski definition) is 3. The summed E-state index contributed by atoms with van der Waals surface area (Å²) in [7, 11) is 0. The Morgan fingerprint density at radius 1 is 1.70 bits per heavy atom. The van der Waals surface area contributed by atoms with E-state index in [1.807, 2.05) is 0 Å². The third-order valence-corrected chi connectivity index (χ3v) is 1.98. The van der Waals surface area contributed by atoms with E-state index in [1.165, 1.54) is 0 Å². The Kier molecular flexibility index (Phi) is 2.27. The second kappa shape index (κ2) is 3.01. The van der Waals surface area contributed by atoms with Gasteiger partial charge in [-0.3, -0.25) is 4.79 Å². The van der Waals surface area contributed by atoms with E-state index in [0.717, 1.165) is 6.42 Å². The van der Waals surface area contributed by atoms with Gasteiger partial charge in [0.15, 0.2) is 5.78 Å². The number of oxime groups is 1. The molecule has 1 atom stereocenters. The summed E-state index contributed by atoms with van der Waals surface area (Å²) < 4.78 is 0. The fourth-order valence-corrected chi connectivity index (χ4v) is 1.26. The Bertz CT molecular complexity index is 179. The van der Waals surface area contributed by atoms with E-state index in [1.54, 1.807) is 0 Å². The van der Waals surface area contributed by atoms with Crippen LogP contribution in [0.4, 0.5) is 0 Å². The fourth-order valence-electron chi connectivity index (χ4n) is 0.983. The summed E-state index contributed by atoms with van der Waals surface area (Å²) in [6.07, 6.45) is 2.08. The third-order valence-electron chi connectivity index (χ3n) is 1.56. The highest BCUT2D eigenvalue weighted by Gasteiger charge is 2.25. The van der Waals surface area contributed by atoms with Crippen molar-refractivity contribution < 1.29 is 10.0 Å². The topological polar surface area (TPSA) is 49.7 Å². The molecule has 56 valence electrons.